The molecule has 1 atom stereocenters. The molecule has 0 unspecified atom stereocenters. The first-order valence-electron chi connectivity index (χ1n) is 5.88. The monoisotopic (exact) mass is 231 g/mol. The third-order valence-electron chi connectivity index (χ3n) is 2.96. The number of aliphatic hydroxyl groups excluding tert-OH is 1. The quantitative estimate of drug-likeness (QED) is 0.654. The van der Waals surface area contributed by atoms with Gasteiger partial charge in [0, 0.05) is 19.7 Å². The molecular weight excluding hydrogens is 210 g/mol. The van der Waals surface area contributed by atoms with Crippen molar-refractivity contribution >= 4 is 5.97 Å². The molecule has 0 aromatic rings. The first kappa shape index (κ1) is 13.4. The number of carboxylic acid groups (broad SMARTS) is 1. The van der Waals surface area contributed by atoms with Crippen LogP contribution in [0.5, 0.6) is 0 Å². The topological polar surface area (TPSA) is 70.0 Å². The van der Waals surface area contributed by atoms with E-state index in [1.165, 1.54) is 0 Å². The first-order valence-corrected chi connectivity index (χ1v) is 5.88. The Hall–Kier alpha value is -0.650. The average molecular weight is 231 g/mol. The lowest BCUT2D eigenvalue weighted by Gasteiger charge is -2.26. The van der Waals surface area contributed by atoms with Crippen LogP contribution in [0.15, 0.2) is 0 Å². The first-order chi connectivity index (χ1) is 7.74. The van der Waals surface area contributed by atoms with Gasteiger partial charge in [0.2, 0.25) is 0 Å². The highest BCUT2D eigenvalue weighted by Gasteiger charge is 2.17. The van der Waals surface area contributed by atoms with Crippen molar-refractivity contribution in [3.05, 3.63) is 0 Å². The molecular formula is C11H21NO4. The van der Waals surface area contributed by atoms with Crippen molar-refractivity contribution in [1.29, 1.82) is 0 Å². The van der Waals surface area contributed by atoms with E-state index in [2.05, 4.69) is 4.90 Å². The second-order valence-electron chi connectivity index (χ2n) is 4.14. The summed E-state index contributed by atoms with van der Waals surface area (Å²) >= 11 is 0. The van der Waals surface area contributed by atoms with Gasteiger partial charge >= 0.3 is 5.97 Å². The molecule has 0 bridgehead atoms. The zero-order valence-corrected chi connectivity index (χ0v) is 9.60. The number of carboxylic acids is 1. The number of hydrogen-bond acceptors (Lipinski definition) is 4. The smallest absolute Gasteiger partial charge is 0.306 e. The number of hydrogen-bond donors (Lipinski definition) is 2. The van der Waals surface area contributed by atoms with E-state index in [9.17, 15) is 4.79 Å². The van der Waals surface area contributed by atoms with Gasteiger partial charge in [-0.25, -0.2) is 0 Å². The number of carbonyl (C=O) groups is 1. The van der Waals surface area contributed by atoms with Crippen molar-refractivity contribution in [3.63, 3.8) is 0 Å². The van der Waals surface area contributed by atoms with Crippen LogP contribution in [-0.4, -0.2) is 60.5 Å². The van der Waals surface area contributed by atoms with Gasteiger partial charge in [-0.3, -0.25) is 9.69 Å². The van der Waals surface area contributed by atoms with Crippen LogP contribution in [0.25, 0.3) is 0 Å². The van der Waals surface area contributed by atoms with E-state index in [1.54, 1.807) is 0 Å². The van der Waals surface area contributed by atoms with E-state index in [0.29, 0.717) is 12.8 Å². The van der Waals surface area contributed by atoms with Gasteiger partial charge in [-0.1, -0.05) is 0 Å². The van der Waals surface area contributed by atoms with Gasteiger partial charge in [0.05, 0.1) is 19.1 Å². The molecule has 1 aliphatic heterocycles. The van der Waals surface area contributed by atoms with Gasteiger partial charge in [-0.2, -0.15) is 0 Å². The summed E-state index contributed by atoms with van der Waals surface area (Å²) in [5.74, 6) is -1.19. The summed E-state index contributed by atoms with van der Waals surface area (Å²) in [4.78, 5) is 13.1. The highest BCUT2D eigenvalue weighted by atomic mass is 16.5. The fourth-order valence-corrected chi connectivity index (χ4v) is 1.93. The van der Waals surface area contributed by atoms with Crippen molar-refractivity contribution < 1.29 is 19.7 Å². The van der Waals surface area contributed by atoms with Crippen molar-refractivity contribution in [1.82, 2.24) is 4.90 Å². The predicted molar refractivity (Wildman–Crippen MR) is 59.3 cm³/mol. The zero-order valence-electron chi connectivity index (χ0n) is 9.60. The summed E-state index contributed by atoms with van der Waals surface area (Å²) in [5, 5.41) is 17.6. The number of ether oxygens (including phenoxy) is 1. The summed E-state index contributed by atoms with van der Waals surface area (Å²) in [6, 6.07) is 0. The Morgan fingerprint density at radius 3 is 2.56 bits per heavy atom. The second kappa shape index (κ2) is 7.60. The van der Waals surface area contributed by atoms with E-state index in [1.807, 2.05) is 0 Å². The Kier molecular flexibility index (Phi) is 6.37. The van der Waals surface area contributed by atoms with E-state index in [4.69, 9.17) is 14.9 Å². The molecule has 0 amide bonds. The maximum Gasteiger partial charge on any atom is 0.306 e. The van der Waals surface area contributed by atoms with Gasteiger partial charge in [0.1, 0.15) is 0 Å². The average Bonchev–Trinajstić information content (AvgIpc) is 2.29. The largest absolute Gasteiger partial charge is 0.481 e. The molecule has 1 fully saturated rings. The van der Waals surface area contributed by atoms with Crippen LogP contribution in [0, 0.1) is 5.92 Å². The second-order valence-corrected chi connectivity index (χ2v) is 4.14. The van der Waals surface area contributed by atoms with Crippen molar-refractivity contribution in [2.75, 3.05) is 39.5 Å². The van der Waals surface area contributed by atoms with E-state index >= 15 is 0 Å². The van der Waals surface area contributed by atoms with Gasteiger partial charge in [-0.05, 0) is 25.8 Å². The molecule has 94 valence electrons. The molecule has 5 heteroatoms. The number of aliphatic hydroxyl groups is 1. The summed E-state index contributed by atoms with van der Waals surface area (Å²) in [6.07, 6.45) is 1.88. The molecule has 16 heavy (non-hydrogen) atoms. The van der Waals surface area contributed by atoms with Gasteiger partial charge in [0.25, 0.3) is 0 Å². The molecule has 1 saturated heterocycles. The highest BCUT2D eigenvalue weighted by molar-refractivity contribution is 5.69. The summed E-state index contributed by atoms with van der Waals surface area (Å²) in [6.45, 7) is 4.32. The Labute approximate surface area is 96.0 Å². The molecule has 0 aliphatic carbocycles. The molecule has 0 aromatic heterocycles. The molecule has 0 aromatic carbocycles. The lowest BCUT2D eigenvalue weighted by Crippen LogP contribution is -2.37. The lowest BCUT2D eigenvalue weighted by atomic mass is 10.00. The van der Waals surface area contributed by atoms with Gasteiger partial charge in [-0.15, -0.1) is 0 Å². The maximum atomic E-state index is 10.8. The van der Waals surface area contributed by atoms with Gasteiger partial charge in [0.15, 0.2) is 0 Å². The lowest BCUT2D eigenvalue weighted by molar-refractivity contribution is -0.142. The fraction of sp³-hybridized carbons (Fsp3) is 0.909. The van der Waals surface area contributed by atoms with Crippen LogP contribution in [0.3, 0.4) is 0 Å². The zero-order chi connectivity index (χ0) is 11.8. The minimum atomic E-state index is -0.795. The third-order valence-corrected chi connectivity index (χ3v) is 2.96. The number of morpholine rings is 1. The minimum Gasteiger partial charge on any atom is -0.481 e. The fourth-order valence-electron chi connectivity index (χ4n) is 1.93. The van der Waals surface area contributed by atoms with Crippen LogP contribution < -0.4 is 0 Å². The Morgan fingerprint density at radius 2 is 2.00 bits per heavy atom. The molecule has 0 spiro atoms. The Balaban J connectivity index is 2.13. The Bertz CT molecular complexity index is 204. The standard InChI is InChI=1S/C11H21NO4/c13-7-3-10(11(14)15)2-1-4-12-5-8-16-9-6-12/h10,13H,1-9H2,(H,14,15)/t10-/m1/s1. The molecule has 5 nitrogen and oxygen atoms in total. The summed E-state index contributed by atoms with van der Waals surface area (Å²) in [7, 11) is 0. The Morgan fingerprint density at radius 1 is 1.31 bits per heavy atom. The van der Waals surface area contributed by atoms with Crippen LogP contribution in [0.4, 0.5) is 0 Å². The molecule has 2 N–H and O–H groups in total. The van der Waals surface area contributed by atoms with Crippen LogP contribution in [0.2, 0.25) is 0 Å². The number of nitrogens with zero attached hydrogens (tertiary/aromatic N) is 1. The van der Waals surface area contributed by atoms with E-state index in [0.717, 1.165) is 39.3 Å². The highest BCUT2D eigenvalue weighted by Crippen LogP contribution is 2.12. The predicted octanol–water partition coefficient (Wildman–Crippen LogP) is 0.182. The number of rotatable bonds is 7. The number of aliphatic carboxylic acids is 1. The molecule has 1 rings (SSSR count). The normalized spacial score (nSPS) is 19.6. The molecule has 1 heterocycles. The molecule has 0 radical (unpaired) electrons. The maximum absolute atomic E-state index is 10.8. The van der Waals surface area contributed by atoms with Crippen LogP contribution >= 0.6 is 0 Å². The molecule has 1 aliphatic rings. The van der Waals surface area contributed by atoms with E-state index in [-0.39, 0.29) is 6.61 Å². The summed E-state index contributed by atoms with van der Waals surface area (Å²) < 4.78 is 5.24. The SMILES string of the molecule is O=C(O)[C@@H](CCO)CCCN1CCOCC1. The third kappa shape index (κ3) is 4.92. The van der Waals surface area contributed by atoms with Crippen molar-refractivity contribution in [2.24, 2.45) is 5.92 Å². The minimum absolute atomic E-state index is 0.0471. The van der Waals surface area contributed by atoms with Gasteiger partial charge < -0.3 is 14.9 Å². The summed E-state index contributed by atoms with van der Waals surface area (Å²) in [5.41, 5.74) is 0. The van der Waals surface area contributed by atoms with E-state index < -0.39 is 11.9 Å². The van der Waals surface area contributed by atoms with Crippen molar-refractivity contribution in [2.45, 2.75) is 19.3 Å². The van der Waals surface area contributed by atoms with Crippen molar-refractivity contribution in [3.8, 4) is 0 Å². The van der Waals surface area contributed by atoms with Crippen LogP contribution in [-0.2, 0) is 9.53 Å². The van der Waals surface area contributed by atoms with Crippen LogP contribution in [0.1, 0.15) is 19.3 Å². The molecule has 0 saturated carbocycles.